The number of pyridine rings is 1. The number of aliphatic hydroxyl groups excluding tert-OH is 1. The summed E-state index contributed by atoms with van der Waals surface area (Å²) in [7, 11) is 0. The van der Waals surface area contributed by atoms with Crippen molar-refractivity contribution < 1.29 is 9.50 Å². The van der Waals surface area contributed by atoms with Crippen LogP contribution < -0.4 is 0 Å². The first-order chi connectivity index (χ1) is 8.15. The number of aromatic nitrogens is 1. The maximum atomic E-state index is 12.7. The van der Waals surface area contributed by atoms with Crippen LogP contribution in [0.3, 0.4) is 0 Å². The highest BCUT2D eigenvalue weighted by Gasteiger charge is 2.03. The number of aliphatic hydroxyl groups is 1. The predicted molar refractivity (Wildman–Crippen MR) is 73.6 cm³/mol. The van der Waals surface area contributed by atoms with E-state index in [0.717, 1.165) is 0 Å². The van der Waals surface area contributed by atoms with Crippen molar-refractivity contribution in [3.8, 4) is 0 Å². The van der Waals surface area contributed by atoms with E-state index in [9.17, 15) is 4.39 Å². The van der Waals surface area contributed by atoms with E-state index >= 15 is 0 Å². The number of hydrogen-bond donors (Lipinski definition) is 1. The fourth-order valence-electron chi connectivity index (χ4n) is 0.893. The van der Waals surface area contributed by atoms with Gasteiger partial charge in [-0.25, -0.2) is 4.98 Å². The van der Waals surface area contributed by atoms with Crippen molar-refractivity contribution in [3.63, 3.8) is 0 Å². The smallest absolute Gasteiger partial charge is 0.216 e. The second kappa shape index (κ2) is 15.0. The zero-order valence-electron chi connectivity index (χ0n) is 12.6. The monoisotopic (exact) mass is 245 g/mol. The third-order valence-corrected chi connectivity index (χ3v) is 1.62. The highest BCUT2D eigenvalue weighted by molar-refractivity contribution is 5.23. The molecule has 0 spiro atoms. The Kier molecular flexibility index (Phi) is 18.9. The third kappa shape index (κ3) is 8.81. The molecule has 1 aromatic heterocycles. The van der Waals surface area contributed by atoms with Crippen LogP contribution >= 0.6 is 0 Å². The number of nitrogens with zero attached hydrogens (tertiary/aromatic N) is 1. The van der Waals surface area contributed by atoms with E-state index in [1.807, 2.05) is 41.5 Å². The minimum Gasteiger partial charge on any atom is -0.392 e. The average Bonchev–Trinajstić information content (AvgIpc) is 2.41. The van der Waals surface area contributed by atoms with Gasteiger partial charge in [0.15, 0.2) is 0 Å². The molecule has 0 saturated heterocycles. The van der Waals surface area contributed by atoms with E-state index in [4.69, 9.17) is 5.11 Å². The summed E-state index contributed by atoms with van der Waals surface area (Å²) in [6, 6.07) is 1.61. The van der Waals surface area contributed by atoms with Crippen LogP contribution in [0.25, 0.3) is 0 Å². The van der Waals surface area contributed by atoms with Crippen molar-refractivity contribution in [1.82, 2.24) is 4.98 Å². The van der Waals surface area contributed by atoms with Crippen molar-refractivity contribution in [1.29, 1.82) is 0 Å². The largest absolute Gasteiger partial charge is 0.392 e. The summed E-state index contributed by atoms with van der Waals surface area (Å²) in [5.41, 5.74) is 1.71. The normalized spacial score (nSPS) is 7.65. The summed E-state index contributed by atoms with van der Waals surface area (Å²) in [6.07, 6.45) is 0. The van der Waals surface area contributed by atoms with Gasteiger partial charge in [0, 0.05) is 11.3 Å². The van der Waals surface area contributed by atoms with Gasteiger partial charge in [0.25, 0.3) is 0 Å². The molecule has 3 heteroatoms. The van der Waals surface area contributed by atoms with Gasteiger partial charge < -0.3 is 5.11 Å². The van der Waals surface area contributed by atoms with E-state index in [1.165, 1.54) is 0 Å². The molecule has 0 aromatic carbocycles. The van der Waals surface area contributed by atoms with Gasteiger partial charge in [0.1, 0.15) is 0 Å². The first kappa shape index (κ1) is 21.3. The molecule has 0 aliphatic carbocycles. The Bertz CT molecular complexity index is 275. The minimum atomic E-state index is -0.459. The summed E-state index contributed by atoms with van der Waals surface area (Å²) in [5.74, 6) is -0.459. The summed E-state index contributed by atoms with van der Waals surface area (Å²) < 4.78 is 12.7. The fraction of sp³-hybridized carbons (Fsp3) is 0.643. The number of aryl methyl sites for hydroxylation is 2. The van der Waals surface area contributed by atoms with Gasteiger partial charge in [-0.05, 0) is 25.5 Å². The van der Waals surface area contributed by atoms with Crippen molar-refractivity contribution in [2.45, 2.75) is 62.0 Å². The molecule has 0 aliphatic heterocycles. The van der Waals surface area contributed by atoms with E-state index in [-0.39, 0.29) is 6.61 Å². The molecule has 0 amide bonds. The number of hydrogen-bond acceptors (Lipinski definition) is 2. The Hall–Kier alpha value is -0.960. The maximum absolute atomic E-state index is 12.7. The second-order valence-corrected chi connectivity index (χ2v) is 2.50. The standard InChI is InChI=1S/C8H10FNO.3C2H6/c1-5-3-7(4-11)6(2)10-8(5)9;3*1-2/h3,11H,4H2,1-2H3;3*1-2H3. The maximum Gasteiger partial charge on any atom is 0.216 e. The van der Waals surface area contributed by atoms with Crippen molar-refractivity contribution in [2.24, 2.45) is 0 Å². The van der Waals surface area contributed by atoms with Crippen molar-refractivity contribution in [3.05, 3.63) is 28.8 Å². The minimum absolute atomic E-state index is 0.0834. The van der Waals surface area contributed by atoms with Crippen molar-refractivity contribution >= 4 is 0 Å². The van der Waals surface area contributed by atoms with Gasteiger partial charge in [-0.3, -0.25) is 0 Å². The molecule has 0 unspecified atom stereocenters. The SMILES string of the molecule is CC.CC.CC.Cc1cc(CO)c(C)nc1F. The van der Waals surface area contributed by atoms with E-state index < -0.39 is 5.95 Å². The number of halogens is 1. The van der Waals surface area contributed by atoms with Crippen molar-refractivity contribution in [2.75, 3.05) is 0 Å². The topological polar surface area (TPSA) is 33.1 Å². The zero-order valence-corrected chi connectivity index (χ0v) is 12.6. The molecule has 0 saturated carbocycles. The lowest BCUT2D eigenvalue weighted by atomic mass is 10.1. The Morgan fingerprint density at radius 1 is 1.06 bits per heavy atom. The molecule has 1 aromatic rings. The Balaban J connectivity index is -0.000000285. The van der Waals surface area contributed by atoms with Gasteiger partial charge in [-0.2, -0.15) is 4.39 Å². The van der Waals surface area contributed by atoms with Crippen LogP contribution in [0.1, 0.15) is 58.4 Å². The van der Waals surface area contributed by atoms with Crippen LogP contribution in [0.5, 0.6) is 0 Å². The molecule has 2 nitrogen and oxygen atoms in total. The van der Waals surface area contributed by atoms with Crippen LogP contribution in [0, 0.1) is 19.8 Å². The van der Waals surface area contributed by atoms with Crippen LogP contribution in [-0.4, -0.2) is 10.1 Å². The van der Waals surface area contributed by atoms with Crippen LogP contribution in [0.2, 0.25) is 0 Å². The summed E-state index contributed by atoms with van der Waals surface area (Å²) in [6.45, 7) is 15.2. The lowest BCUT2D eigenvalue weighted by Gasteiger charge is -2.02. The van der Waals surface area contributed by atoms with Gasteiger partial charge in [0.05, 0.1) is 6.61 Å². The van der Waals surface area contributed by atoms with E-state index in [1.54, 1.807) is 19.9 Å². The molecule has 17 heavy (non-hydrogen) atoms. The highest BCUT2D eigenvalue weighted by Crippen LogP contribution is 2.10. The molecule has 102 valence electrons. The first-order valence-corrected chi connectivity index (χ1v) is 6.38. The lowest BCUT2D eigenvalue weighted by molar-refractivity contribution is 0.280. The molecule has 1 N–H and O–H groups in total. The molecule has 0 atom stereocenters. The first-order valence-electron chi connectivity index (χ1n) is 6.38. The van der Waals surface area contributed by atoms with Gasteiger partial charge in [-0.1, -0.05) is 41.5 Å². The molecule has 0 aliphatic rings. The Morgan fingerprint density at radius 2 is 1.47 bits per heavy atom. The lowest BCUT2D eigenvalue weighted by Crippen LogP contribution is -1.97. The summed E-state index contributed by atoms with van der Waals surface area (Å²) in [4.78, 5) is 3.62. The molecule has 1 heterocycles. The Labute approximate surface area is 106 Å². The molecule has 0 radical (unpaired) electrons. The van der Waals surface area contributed by atoms with Crippen LogP contribution in [-0.2, 0) is 6.61 Å². The van der Waals surface area contributed by atoms with Crippen LogP contribution in [0.15, 0.2) is 6.07 Å². The molecular formula is C14H28FNO. The molecule has 0 bridgehead atoms. The van der Waals surface area contributed by atoms with Gasteiger partial charge in [0.2, 0.25) is 5.95 Å². The molecule has 1 rings (SSSR count). The van der Waals surface area contributed by atoms with Gasteiger partial charge in [-0.15, -0.1) is 0 Å². The van der Waals surface area contributed by atoms with Crippen LogP contribution in [0.4, 0.5) is 4.39 Å². The van der Waals surface area contributed by atoms with Gasteiger partial charge >= 0.3 is 0 Å². The fourth-order valence-corrected chi connectivity index (χ4v) is 0.893. The zero-order chi connectivity index (χ0) is 14.4. The highest BCUT2D eigenvalue weighted by atomic mass is 19.1. The van der Waals surface area contributed by atoms with E-state index in [2.05, 4.69) is 4.98 Å². The molecule has 0 fully saturated rings. The third-order valence-electron chi connectivity index (χ3n) is 1.62. The quantitative estimate of drug-likeness (QED) is 0.743. The second-order valence-electron chi connectivity index (χ2n) is 2.50. The summed E-state index contributed by atoms with van der Waals surface area (Å²) >= 11 is 0. The molecular weight excluding hydrogens is 217 g/mol. The summed E-state index contributed by atoms with van der Waals surface area (Å²) in [5, 5.41) is 8.77. The van der Waals surface area contributed by atoms with E-state index in [0.29, 0.717) is 16.8 Å². The average molecular weight is 245 g/mol. The Morgan fingerprint density at radius 3 is 1.82 bits per heavy atom. The number of rotatable bonds is 1. The predicted octanol–water partition coefficient (Wildman–Crippen LogP) is 4.41.